The van der Waals surface area contributed by atoms with Crippen molar-refractivity contribution in [3.8, 4) is 0 Å². The fourth-order valence-electron chi connectivity index (χ4n) is 1.78. The quantitative estimate of drug-likeness (QED) is 0.862. The van der Waals surface area contributed by atoms with Crippen LogP contribution in [0.2, 0.25) is 0 Å². The molecule has 0 aliphatic rings. The van der Waals surface area contributed by atoms with Crippen LogP contribution in [-0.2, 0) is 16.1 Å². The number of benzene rings is 1. The van der Waals surface area contributed by atoms with Crippen LogP contribution in [0.5, 0.6) is 0 Å². The molecule has 2 aromatic rings. The summed E-state index contributed by atoms with van der Waals surface area (Å²) in [6.45, 7) is 5.50. The second kappa shape index (κ2) is 5.26. The number of nitrogens with one attached hydrogen (secondary N) is 1. The summed E-state index contributed by atoms with van der Waals surface area (Å²) in [6, 6.07) is 7.60. The fraction of sp³-hybridized carbons (Fsp3) is 0.333. The molecule has 4 nitrogen and oxygen atoms in total. The Balaban J connectivity index is 2.29. The summed E-state index contributed by atoms with van der Waals surface area (Å²) in [5, 5.41) is 0.931. The first-order valence-corrected chi connectivity index (χ1v) is 6.26. The van der Waals surface area contributed by atoms with E-state index in [1.54, 1.807) is 19.9 Å². The van der Waals surface area contributed by atoms with Crippen LogP contribution < -0.4 is 5.56 Å². The Bertz CT molecular complexity index is 671. The SMILES string of the molecule is Cc1ccc2cc(COC(=O)C(C)C)c(=O)[nH]c2c1. The van der Waals surface area contributed by atoms with Crippen LogP contribution in [0.3, 0.4) is 0 Å². The summed E-state index contributed by atoms with van der Waals surface area (Å²) in [6.07, 6.45) is 0. The predicted molar refractivity (Wildman–Crippen MR) is 73.9 cm³/mol. The minimum atomic E-state index is -0.302. The molecule has 2 rings (SSSR count). The van der Waals surface area contributed by atoms with E-state index < -0.39 is 0 Å². The lowest BCUT2D eigenvalue weighted by atomic mass is 10.1. The Hall–Kier alpha value is -2.10. The number of rotatable bonds is 3. The van der Waals surface area contributed by atoms with Gasteiger partial charge in [-0.05, 0) is 30.0 Å². The van der Waals surface area contributed by atoms with Crippen LogP contribution in [-0.4, -0.2) is 11.0 Å². The van der Waals surface area contributed by atoms with Crippen molar-refractivity contribution in [2.24, 2.45) is 5.92 Å². The number of pyridine rings is 1. The standard InChI is InChI=1S/C15H17NO3/c1-9(2)15(18)19-8-12-7-11-5-4-10(3)6-13(11)16-14(12)17/h4-7,9H,8H2,1-3H3,(H,16,17). The van der Waals surface area contributed by atoms with E-state index in [-0.39, 0.29) is 24.1 Å². The molecule has 0 saturated heterocycles. The maximum atomic E-state index is 11.9. The van der Waals surface area contributed by atoms with Gasteiger partial charge in [0.15, 0.2) is 0 Å². The van der Waals surface area contributed by atoms with Gasteiger partial charge < -0.3 is 9.72 Å². The van der Waals surface area contributed by atoms with E-state index in [2.05, 4.69) is 4.98 Å². The van der Waals surface area contributed by atoms with Gasteiger partial charge in [0.2, 0.25) is 0 Å². The Labute approximate surface area is 111 Å². The van der Waals surface area contributed by atoms with Crippen LogP contribution >= 0.6 is 0 Å². The fourth-order valence-corrected chi connectivity index (χ4v) is 1.78. The van der Waals surface area contributed by atoms with Crippen molar-refractivity contribution in [3.05, 3.63) is 45.7 Å². The summed E-state index contributed by atoms with van der Waals surface area (Å²) >= 11 is 0. The van der Waals surface area contributed by atoms with E-state index in [4.69, 9.17) is 4.74 Å². The lowest BCUT2D eigenvalue weighted by Gasteiger charge is -2.07. The third-order valence-electron chi connectivity index (χ3n) is 2.92. The predicted octanol–water partition coefficient (Wildman–Crippen LogP) is 2.54. The number of aromatic nitrogens is 1. The van der Waals surface area contributed by atoms with Gasteiger partial charge in [0.25, 0.3) is 5.56 Å². The number of ether oxygens (including phenoxy) is 1. The van der Waals surface area contributed by atoms with Gasteiger partial charge in [-0.3, -0.25) is 9.59 Å². The van der Waals surface area contributed by atoms with Gasteiger partial charge in [0, 0.05) is 5.52 Å². The monoisotopic (exact) mass is 259 g/mol. The second-order valence-corrected chi connectivity index (χ2v) is 4.98. The Morgan fingerprint density at radius 2 is 2.05 bits per heavy atom. The third-order valence-corrected chi connectivity index (χ3v) is 2.92. The highest BCUT2D eigenvalue weighted by Crippen LogP contribution is 2.13. The van der Waals surface area contributed by atoms with Crippen molar-refractivity contribution in [1.29, 1.82) is 0 Å². The number of carbonyl (C=O) groups excluding carboxylic acids is 1. The van der Waals surface area contributed by atoms with Gasteiger partial charge in [-0.1, -0.05) is 26.0 Å². The molecule has 4 heteroatoms. The molecule has 0 fully saturated rings. The van der Waals surface area contributed by atoms with Crippen molar-refractivity contribution >= 4 is 16.9 Å². The van der Waals surface area contributed by atoms with E-state index in [1.807, 2.05) is 25.1 Å². The lowest BCUT2D eigenvalue weighted by molar-refractivity contribution is -0.148. The Kier molecular flexibility index (Phi) is 3.69. The first-order valence-electron chi connectivity index (χ1n) is 6.26. The molecular formula is C15H17NO3. The van der Waals surface area contributed by atoms with Crippen molar-refractivity contribution in [3.63, 3.8) is 0 Å². The summed E-state index contributed by atoms with van der Waals surface area (Å²) in [7, 11) is 0. The van der Waals surface area contributed by atoms with E-state index in [0.29, 0.717) is 5.56 Å². The number of hydrogen-bond acceptors (Lipinski definition) is 3. The number of esters is 1. The summed E-state index contributed by atoms with van der Waals surface area (Å²) < 4.78 is 5.08. The number of fused-ring (bicyclic) bond motifs is 1. The van der Waals surface area contributed by atoms with E-state index >= 15 is 0 Å². The van der Waals surface area contributed by atoms with Crippen molar-refractivity contribution < 1.29 is 9.53 Å². The van der Waals surface area contributed by atoms with Crippen molar-refractivity contribution in [2.75, 3.05) is 0 Å². The highest BCUT2D eigenvalue weighted by molar-refractivity contribution is 5.79. The molecule has 1 aromatic heterocycles. The van der Waals surface area contributed by atoms with E-state index in [0.717, 1.165) is 16.5 Å². The minimum absolute atomic E-state index is 0.0101. The molecule has 0 bridgehead atoms. The highest BCUT2D eigenvalue weighted by atomic mass is 16.5. The van der Waals surface area contributed by atoms with Gasteiger partial charge >= 0.3 is 5.97 Å². The van der Waals surface area contributed by atoms with Crippen molar-refractivity contribution in [1.82, 2.24) is 4.98 Å². The van der Waals surface area contributed by atoms with Gasteiger partial charge in [-0.15, -0.1) is 0 Å². The molecule has 1 N–H and O–H groups in total. The van der Waals surface area contributed by atoms with Gasteiger partial charge in [-0.25, -0.2) is 0 Å². The number of aromatic amines is 1. The molecule has 0 atom stereocenters. The molecule has 1 aromatic carbocycles. The molecule has 0 amide bonds. The third kappa shape index (κ3) is 3.02. The first kappa shape index (κ1) is 13.3. The van der Waals surface area contributed by atoms with E-state index in [9.17, 15) is 9.59 Å². The van der Waals surface area contributed by atoms with E-state index in [1.165, 1.54) is 0 Å². The van der Waals surface area contributed by atoms with Crippen LogP contribution in [0.25, 0.3) is 10.9 Å². The smallest absolute Gasteiger partial charge is 0.308 e. The molecule has 0 radical (unpaired) electrons. The molecule has 1 heterocycles. The largest absolute Gasteiger partial charge is 0.460 e. The van der Waals surface area contributed by atoms with Crippen LogP contribution in [0.4, 0.5) is 0 Å². The summed E-state index contributed by atoms with van der Waals surface area (Å²) in [4.78, 5) is 26.1. The zero-order chi connectivity index (χ0) is 14.0. The molecule has 0 aliphatic heterocycles. The maximum Gasteiger partial charge on any atom is 0.308 e. The Morgan fingerprint density at radius 1 is 1.32 bits per heavy atom. The topological polar surface area (TPSA) is 59.2 Å². The van der Waals surface area contributed by atoms with Crippen LogP contribution in [0.1, 0.15) is 25.0 Å². The molecule has 100 valence electrons. The molecule has 0 saturated carbocycles. The average Bonchev–Trinajstić information content (AvgIpc) is 2.35. The average molecular weight is 259 g/mol. The normalized spacial score (nSPS) is 10.9. The maximum absolute atomic E-state index is 11.9. The Morgan fingerprint density at radius 3 is 2.74 bits per heavy atom. The minimum Gasteiger partial charge on any atom is -0.460 e. The van der Waals surface area contributed by atoms with Gasteiger partial charge in [0.05, 0.1) is 11.5 Å². The van der Waals surface area contributed by atoms with Crippen LogP contribution in [0.15, 0.2) is 29.1 Å². The number of carbonyl (C=O) groups is 1. The van der Waals surface area contributed by atoms with Gasteiger partial charge in [-0.2, -0.15) is 0 Å². The van der Waals surface area contributed by atoms with Crippen molar-refractivity contribution in [2.45, 2.75) is 27.4 Å². The zero-order valence-electron chi connectivity index (χ0n) is 11.3. The second-order valence-electron chi connectivity index (χ2n) is 4.98. The number of aryl methyl sites for hydroxylation is 1. The summed E-state index contributed by atoms with van der Waals surface area (Å²) in [5.74, 6) is -0.495. The summed E-state index contributed by atoms with van der Waals surface area (Å²) in [5.41, 5.74) is 2.13. The first-order chi connectivity index (χ1) is 8.97. The molecule has 0 spiro atoms. The molecule has 19 heavy (non-hydrogen) atoms. The lowest BCUT2D eigenvalue weighted by Crippen LogP contribution is -2.17. The number of hydrogen-bond donors (Lipinski definition) is 1. The zero-order valence-corrected chi connectivity index (χ0v) is 11.3. The van der Waals surface area contributed by atoms with Gasteiger partial charge in [0.1, 0.15) is 6.61 Å². The van der Waals surface area contributed by atoms with Crippen LogP contribution in [0, 0.1) is 12.8 Å². The molecular weight excluding hydrogens is 242 g/mol. The number of H-pyrrole nitrogens is 1. The highest BCUT2D eigenvalue weighted by Gasteiger charge is 2.10. The molecule has 0 unspecified atom stereocenters. The molecule has 0 aliphatic carbocycles.